The van der Waals surface area contributed by atoms with Crippen molar-refractivity contribution in [2.24, 2.45) is 0 Å². The number of carboxylic acids is 1. The van der Waals surface area contributed by atoms with Crippen LogP contribution in [0.1, 0.15) is 94.8 Å². The van der Waals surface area contributed by atoms with Gasteiger partial charge in [0.25, 0.3) is 0 Å². The maximum atomic E-state index is 11.8. The predicted molar refractivity (Wildman–Crippen MR) is 142 cm³/mol. The van der Waals surface area contributed by atoms with Crippen molar-refractivity contribution < 1.29 is 32.9 Å². The molecule has 2 bridgehead atoms. The third-order valence-electron chi connectivity index (χ3n) is 5.94. The second-order valence-corrected chi connectivity index (χ2v) is 10.9. The molecule has 0 amide bonds. The van der Waals surface area contributed by atoms with Crippen LogP contribution in [0.15, 0.2) is 52.0 Å². The molecule has 2 aliphatic rings. The van der Waals surface area contributed by atoms with Gasteiger partial charge in [0.05, 0.1) is 18.1 Å². The molecule has 0 fully saturated rings. The molecule has 2 aliphatic heterocycles. The Hall–Kier alpha value is -2.74. The van der Waals surface area contributed by atoms with Gasteiger partial charge in [-0.25, -0.2) is 13.2 Å². The molecule has 3 rings (SSSR count). The minimum atomic E-state index is -3.20. The van der Waals surface area contributed by atoms with Gasteiger partial charge in [-0.2, -0.15) is 0 Å². The van der Waals surface area contributed by atoms with Crippen LogP contribution in [0, 0.1) is 0 Å². The lowest BCUT2D eigenvalue weighted by atomic mass is 10.1. The molecule has 0 saturated heterocycles. The molecule has 1 aromatic carbocycles. The molecule has 0 saturated carbocycles. The number of carbonyl (C=O) groups is 1. The van der Waals surface area contributed by atoms with E-state index in [1.165, 1.54) is 69.6 Å². The van der Waals surface area contributed by atoms with Crippen molar-refractivity contribution in [1.82, 2.24) is 0 Å². The van der Waals surface area contributed by atoms with Crippen molar-refractivity contribution in [2.75, 3.05) is 13.2 Å². The number of aromatic carboxylic acids is 1. The van der Waals surface area contributed by atoms with E-state index < -0.39 is 15.8 Å². The number of allylic oxidation sites excluding steroid dienone is 3. The van der Waals surface area contributed by atoms with Crippen LogP contribution in [0.2, 0.25) is 0 Å². The molecule has 0 atom stereocenters. The van der Waals surface area contributed by atoms with Crippen LogP contribution in [-0.4, -0.2) is 37.8 Å². The summed E-state index contributed by atoms with van der Waals surface area (Å²) in [5.74, 6) is -0.415. The Bertz CT molecular complexity index is 1050. The quantitative estimate of drug-likeness (QED) is 0.228. The zero-order chi connectivity index (χ0) is 26.4. The van der Waals surface area contributed by atoms with Gasteiger partial charge in [-0.05, 0) is 43.2 Å². The average molecular weight is 521 g/mol. The molecule has 2 N–H and O–H groups in total. The van der Waals surface area contributed by atoms with Crippen LogP contribution in [0.3, 0.4) is 0 Å². The van der Waals surface area contributed by atoms with Crippen molar-refractivity contribution in [2.45, 2.75) is 84.5 Å². The molecule has 0 spiro atoms. The van der Waals surface area contributed by atoms with E-state index in [1.807, 2.05) is 6.92 Å². The number of unbranched alkanes of at least 4 members (excludes halogenated alkanes) is 9. The molecule has 8 heteroatoms. The van der Waals surface area contributed by atoms with Crippen molar-refractivity contribution in [3.05, 3.63) is 57.6 Å². The molecule has 0 radical (unpaired) electrons. The number of aromatic hydroxyl groups is 1. The highest BCUT2D eigenvalue weighted by Crippen LogP contribution is 2.37. The van der Waals surface area contributed by atoms with E-state index in [2.05, 4.69) is 6.92 Å². The van der Waals surface area contributed by atoms with E-state index in [-0.39, 0.29) is 11.3 Å². The smallest absolute Gasteiger partial charge is 0.339 e. The largest absolute Gasteiger partial charge is 0.507 e. The molecule has 0 aromatic heterocycles. The highest BCUT2D eigenvalue weighted by Gasteiger charge is 2.34. The Morgan fingerprint density at radius 1 is 0.833 bits per heavy atom. The first-order chi connectivity index (χ1) is 17.3. The summed E-state index contributed by atoms with van der Waals surface area (Å²) in [4.78, 5) is 11.3. The van der Waals surface area contributed by atoms with E-state index in [0.717, 1.165) is 19.3 Å². The van der Waals surface area contributed by atoms with Gasteiger partial charge in [-0.1, -0.05) is 71.6 Å². The number of ether oxygens (including phenoxy) is 2. The van der Waals surface area contributed by atoms with Crippen LogP contribution in [0.5, 0.6) is 11.5 Å². The normalized spacial score (nSPS) is 14.9. The van der Waals surface area contributed by atoms with Gasteiger partial charge in [0, 0.05) is 6.08 Å². The molecule has 200 valence electrons. The summed E-state index contributed by atoms with van der Waals surface area (Å²) in [6.07, 6.45) is 18.6. The monoisotopic (exact) mass is 520 g/mol. The van der Waals surface area contributed by atoms with Gasteiger partial charge in [0.1, 0.15) is 27.7 Å². The summed E-state index contributed by atoms with van der Waals surface area (Å²) >= 11 is 0. The number of sulfone groups is 1. The lowest BCUT2D eigenvalue weighted by Crippen LogP contribution is -1.99. The number of fused-ring (bicyclic) bond motifs is 2. The highest BCUT2D eigenvalue weighted by atomic mass is 32.2. The van der Waals surface area contributed by atoms with Crippen molar-refractivity contribution in [3.8, 4) is 11.5 Å². The number of benzene rings is 1. The van der Waals surface area contributed by atoms with Crippen LogP contribution in [0.25, 0.3) is 0 Å². The van der Waals surface area contributed by atoms with E-state index >= 15 is 0 Å². The average Bonchev–Trinajstić information content (AvgIpc) is 3.28. The number of hydrogen-bond donors (Lipinski definition) is 2. The van der Waals surface area contributed by atoms with Gasteiger partial charge in [-0.15, -0.1) is 0 Å². The Labute approximate surface area is 215 Å². The summed E-state index contributed by atoms with van der Waals surface area (Å²) in [6, 6.07) is 4.17. The molecule has 0 unspecified atom stereocenters. The third kappa shape index (κ3) is 9.04. The zero-order valence-electron chi connectivity index (χ0n) is 21.5. The van der Waals surface area contributed by atoms with Crippen molar-refractivity contribution in [3.63, 3.8) is 0 Å². The Kier molecular flexibility index (Phi) is 12.6. The second-order valence-electron chi connectivity index (χ2n) is 8.97. The minimum absolute atomic E-state index is 0.140. The summed E-state index contributed by atoms with van der Waals surface area (Å²) in [5, 5.41) is 17.9. The lowest BCUT2D eigenvalue weighted by Gasteiger charge is -2.07. The molecule has 2 heterocycles. The first-order valence-corrected chi connectivity index (χ1v) is 14.5. The number of phenols is 1. The summed E-state index contributed by atoms with van der Waals surface area (Å²) in [7, 11) is -3.20. The molecular weight excluding hydrogens is 480 g/mol. The summed E-state index contributed by atoms with van der Waals surface area (Å²) < 4.78 is 34.4. The highest BCUT2D eigenvalue weighted by molar-refractivity contribution is 8.00. The fourth-order valence-electron chi connectivity index (χ4n) is 3.89. The molecule has 1 aromatic rings. The standard InChI is InChI=1S/C18H28O3S.C10H12O4/c1-2-3-4-5-6-7-8-9-10-11-14-21-17-15-16-12-13-18(17)22(16,19)20;1-2-5-14-7-3-4-9(11)8(6-7)10(12)13/h12-13,15H,2-11,14H2,1H3;3-4,6,11H,2,5H2,1H3,(H,12,13). The van der Waals surface area contributed by atoms with Gasteiger partial charge in [0.15, 0.2) is 0 Å². The van der Waals surface area contributed by atoms with E-state index in [1.54, 1.807) is 18.2 Å². The third-order valence-corrected chi connectivity index (χ3v) is 7.73. The summed E-state index contributed by atoms with van der Waals surface area (Å²) in [5.41, 5.74) is -0.140. The first-order valence-electron chi connectivity index (χ1n) is 13.0. The Morgan fingerprint density at radius 2 is 1.47 bits per heavy atom. The SMILES string of the molecule is CCCCCCCCCCCCOC1=C2C=CC(=C1)S2(=O)=O.CCCOc1ccc(O)c(C(=O)O)c1. The predicted octanol–water partition coefficient (Wildman–Crippen LogP) is 6.90. The van der Waals surface area contributed by atoms with E-state index in [0.29, 0.717) is 34.5 Å². The number of carboxylic acid groups (broad SMARTS) is 1. The van der Waals surface area contributed by atoms with Crippen LogP contribution in [-0.2, 0) is 14.6 Å². The van der Waals surface area contributed by atoms with Crippen LogP contribution in [0.4, 0.5) is 0 Å². The fraction of sp³-hybridized carbons (Fsp3) is 0.536. The maximum absolute atomic E-state index is 11.8. The van der Waals surface area contributed by atoms with Crippen LogP contribution >= 0.6 is 0 Å². The van der Waals surface area contributed by atoms with Gasteiger partial charge < -0.3 is 19.7 Å². The summed E-state index contributed by atoms with van der Waals surface area (Å²) in [6.45, 7) is 5.35. The van der Waals surface area contributed by atoms with Gasteiger partial charge >= 0.3 is 5.97 Å². The maximum Gasteiger partial charge on any atom is 0.339 e. The van der Waals surface area contributed by atoms with Crippen LogP contribution < -0.4 is 4.74 Å². The first kappa shape index (κ1) is 29.5. The van der Waals surface area contributed by atoms with E-state index in [4.69, 9.17) is 14.6 Å². The van der Waals surface area contributed by atoms with Gasteiger partial charge in [-0.3, -0.25) is 0 Å². The molecule has 0 aliphatic carbocycles. The number of hydrogen-bond acceptors (Lipinski definition) is 6. The number of rotatable bonds is 16. The molecular formula is C28H40O7S. The Balaban J connectivity index is 0.000000281. The second kappa shape index (κ2) is 15.4. The van der Waals surface area contributed by atoms with Crippen molar-refractivity contribution in [1.29, 1.82) is 0 Å². The van der Waals surface area contributed by atoms with Crippen molar-refractivity contribution >= 4 is 15.8 Å². The minimum Gasteiger partial charge on any atom is -0.507 e. The lowest BCUT2D eigenvalue weighted by molar-refractivity contribution is 0.0693. The zero-order valence-corrected chi connectivity index (χ0v) is 22.3. The Morgan fingerprint density at radius 3 is 2.00 bits per heavy atom. The molecule has 36 heavy (non-hydrogen) atoms. The van der Waals surface area contributed by atoms with E-state index in [9.17, 15) is 18.3 Å². The van der Waals surface area contributed by atoms with Gasteiger partial charge in [0.2, 0.25) is 9.84 Å². The fourth-order valence-corrected chi connectivity index (χ4v) is 5.28. The molecule has 7 nitrogen and oxygen atoms in total. The topological polar surface area (TPSA) is 110 Å².